The molecule has 11 nitrogen and oxygen atoms in total. The molecule has 12 heteroatoms. The minimum absolute atomic E-state index is 0.00611. The van der Waals surface area contributed by atoms with Gasteiger partial charge in [-0.15, -0.1) is 0 Å². The first-order chi connectivity index (χ1) is 21.6. The monoisotopic (exact) mass is 627 g/mol. The van der Waals surface area contributed by atoms with E-state index < -0.39 is 6.03 Å². The molecule has 1 fully saturated rings. The number of hydrogen-bond donors (Lipinski definition) is 5. The maximum atomic E-state index is 13.1. The van der Waals surface area contributed by atoms with E-state index in [0.29, 0.717) is 17.8 Å². The number of allylic oxidation sites excluding steroid dienone is 1. The van der Waals surface area contributed by atoms with E-state index in [4.69, 9.17) is 16.7 Å². The fraction of sp³-hybridized carbons (Fsp3) is 0.212. The Balaban J connectivity index is 1.49. The van der Waals surface area contributed by atoms with Crippen molar-refractivity contribution in [3.63, 3.8) is 0 Å². The summed E-state index contributed by atoms with van der Waals surface area (Å²) in [6.07, 6.45) is 6.92. The maximum Gasteiger partial charge on any atom is 0.323 e. The van der Waals surface area contributed by atoms with E-state index in [1.165, 1.54) is 6.20 Å². The summed E-state index contributed by atoms with van der Waals surface area (Å²) in [5.41, 5.74) is 5.59. The number of aromatic hydroxyl groups is 1. The van der Waals surface area contributed by atoms with Crippen LogP contribution in [0.2, 0.25) is 5.02 Å². The van der Waals surface area contributed by atoms with Gasteiger partial charge in [0.15, 0.2) is 5.75 Å². The molecule has 5 rings (SSSR count). The molecular weight excluding hydrogens is 594 g/mol. The van der Waals surface area contributed by atoms with Gasteiger partial charge in [0.1, 0.15) is 17.6 Å². The van der Waals surface area contributed by atoms with Crippen molar-refractivity contribution >= 4 is 40.6 Å². The second-order valence-electron chi connectivity index (χ2n) is 10.8. The van der Waals surface area contributed by atoms with Gasteiger partial charge in [-0.3, -0.25) is 14.8 Å². The fourth-order valence-corrected chi connectivity index (χ4v) is 4.90. The van der Waals surface area contributed by atoms with Gasteiger partial charge in [-0.25, -0.2) is 4.79 Å². The van der Waals surface area contributed by atoms with E-state index in [2.05, 4.69) is 27.5 Å². The van der Waals surface area contributed by atoms with Crippen LogP contribution >= 0.6 is 11.6 Å². The molecule has 1 aromatic heterocycles. The third-order valence-corrected chi connectivity index (χ3v) is 7.61. The van der Waals surface area contributed by atoms with Crippen LogP contribution in [-0.2, 0) is 0 Å². The highest BCUT2D eigenvalue weighted by Gasteiger charge is 2.25. The van der Waals surface area contributed by atoms with Crippen LogP contribution in [0.5, 0.6) is 5.75 Å². The van der Waals surface area contributed by atoms with E-state index in [-0.39, 0.29) is 39.8 Å². The molecule has 1 saturated carbocycles. The first-order valence-electron chi connectivity index (χ1n) is 14.3. The molecule has 0 saturated heterocycles. The summed E-state index contributed by atoms with van der Waals surface area (Å²) in [6, 6.07) is 12.9. The highest BCUT2D eigenvalue weighted by Crippen LogP contribution is 2.31. The van der Waals surface area contributed by atoms with Crippen LogP contribution in [-0.4, -0.2) is 69.4 Å². The summed E-state index contributed by atoms with van der Waals surface area (Å²) in [4.78, 5) is 31.7. The molecule has 0 atom stereocenters. The van der Waals surface area contributed by atoms with Crippen molar-refractivity contribution in [2.24, 2.45) is 5.10 Å². The lowest BCUT2D eigenvalue weighted by atomic mass is 9.95. The Hall–Kier alpha value is -5.29. The van der Waals surface area contributed by atoms with Gasteiger partial charge in [-0.05, 0) is 66.8 Å². The molecular formula is C33H34ClN7O4. The predicted octanol–water partition coefficient (Wildman–Crippen LogP) is 5.68. The maximum absolute atomic E-state index is 13.1. The van der Waals surface area contributed by atoms with Gasteiger partial charge in [0.25, 0.3) is 5.91 Å². The molecule has 0 unspecified atom stereocenters. The van der Waals surface area contributed by atoms with Crippen LogP contribution in [0, 0.1) is 0 Å². The van der Waals surface area contributed by atoms with Crippen LogP contribution in [0.1, 0.15) is 41.3 Å². The minimum Gasteiger partial charge on any atom is -0.513 e. The number of likely N-dealkylation sites (N-methyl/N-ethyl adjacent to an activating group) is 1. The summed E-state index contributed by atoms with van der Waals surface area (Å²) in [7, 11) is 3.81. The first-order valence-corrected chi connectivity index (χ1v) is 14.7. The van der Waals surface area contributed by atoms with Gasteiger partial charge in [0.2, 0.25) is 0 Å². The van der Waals surface area contributed by atoms with Crippen molar-refractivity contribution in [3.05, 3.63) is 107 Å². The number of nitrogens with zero attached hydrogens (tertiary/aromatic N) is 4. The van der Waals surface area contributed by atoms with Crippen molar-refractivity contribution < 1.29 is 19.8 Å². The first kappa shape index (κ1) is 31.1. The van der Waals surface area contributed by atoms with Crippen molar-refractivity contribution in [3.8, 4) is 16.9 Å². The molecule has 0 bridgehead atoms. The predicted molar refractivity (Wildman–Crippen MR) is 176 cm³/mol. The summed E-state index contributed by atoms with van der Waals surface area (Å²) < 4.78 is 0. The molecule has 2 aromatic carbocycles. The summed E-state index contributed by atoms with van der Waals surface area (Å²) >= 11 is 6.09. The number of urea groups is 1. The number of aromatic nitrogens is 1. The molecule has 3 amide bonds. The second-order valence-corrected chi connectivity index (χ2v) is 11.2. The third-order valence-electron chi connectivity index (χ3n) is 7.32. The zero-order valence-corrected chi connectivity index (χ0v) is 25.9. The zero-order valence-electron chi connectivity index (χ0n) is 25.1. The average molecular weight is 628 g/mol. The Labute approximate surface area is 266 Å². The third kappa shape index (κ3) is 7.10. The molecule has 3 aromatic rings. The summed E-state index contributed by atoms with van der Waals surface area (Å²) in [5.74, 6) is -0.422. The molecule has 5 N–H and O–H groups in total. The van der Waals surface area contributed by atoms with Gasteiger partial charge >= 0.3 is 6.03 Å². The Kier molecular flexibility index (Phi) is 9.10. The lowest BCUT2D eigenvalue weighted by Crippen LogP contribution is -2.35. The molecule has 0 radical (unpaired) electrons. The Morgan fingerprint density at radius 3 is 2.49 bits per heavy atom. The van der Waals surface area contributed by atoms with Crippen LogP contribution in [0.4, 0.5) is 10.5 Å². The number of anilines is 1. The normalized spacial score (nSPS) is 15.2. The largest absolute Gasteiger partial charge is 0.513 e. The van der Waals surface area contributed by atoms with Gasteiger partial charge in [-0.1, -0.05) is 36.4 Å². The van der Waals surface area contributed by atoms with Gasteiger partial charge in [0.05, 0.1) is 22.6 Å². The van der Waals surface area contributed by atoms with E-state index in [0.717, 1.165) is 53.3 Å². The number of aliphatic hydroxyl groups excluding tert-OH is 1. The number of amides is 3. The number of rotatable bonds is 9. The fourth-order valence-electron chi connectivity index (χ4n) is 4.70. The molecule has 2 aliphatic rings. The SMILES string of the molecule is C=C(c1cc(C(=O)NC2CC2)cc(-c2cccc(C3=NN(CC)/C(=C\O)C(NC(=O)Nc4c(O)cncc4Cl)=C3)c2)c1)N(C)C. The molecule has 0 spiro atoms. The Morgan fingerprint density at radius 1 is 1.09 bits per heavy atom. The number of pyridine rings is 1. The Bertz CT molecular complexity index is 1740. The molecule has 1 aliphatic carbocycles. The smallest absolute Gasteiger partial charge is 0.323 e. The number of nitrogens with one attached hydrogen (secondary N) is 3. The van der Waals surface area contributed by atoms with Crippen LogP contribution in [0.25, 0.3) is 16.8 Å². The van der Waals surface area contributed by atoms with E-state index in [1.54, 1.807) is 11.1 Å². The number of hydrazone groups is 1. The quantitative estimate of drug-likeness (QED) is 0.192. The van der Waals surface area contributed by atoms with Crippen LogP contribution in [0.15, 0.2) is 90.3 Å². The number of benzene rings is 2. The minimum atomic E-state index is -0.704. The number of halogens is 1. The zero-order chi connectivity index (χ0) is 32.2. The van der Waals surface area contributed by atoms with Crippen molar-refractivity contribution in [2.45, 2.75) is 25.8 Å². The van der Waals surface area contributed by atoms with Crippen LogP contribution in [0.3, 0.4) is 0 Å². The van der Waals surface area contributed by atoms with Crippen molar-refractivity contribution in [1.29, 1.82) is 0 Å². The van der Waals surface area contributed by atoms with Crippen molar-refractivity contribution in [1.82, 2.24) is 25.5 Å². The van der Waals surface area contributed by atoms with Gasteiger partial charge in [-0.2, -0.15) is 5.10 Å². The summed E-state index contributed by atoms with van der Waals surface area (Å²) in [6.45, 7) is 6.44. The van der Waals surface area contributed by atoms with Crippen LogP contribution < -0.4 is 16.0 Å². The van der Waals surface area contributed by atoms with Crippen molar-refractivity contribution in [2.75, 3.05) is 26.0 Å². The van der Waals surface area contributed by atoms with Gasteiger partial charge < -0.3 is 31.1 Å². The lowest BCUT2D eigenvalue weighted by molar-refractivity contribution is 0.0951. The highest BCUT2D eigenvalue weighted by molar-refractivity contribution is 6.34. The number of hydrogen-bond acceptors (Lipinski definition) is 8. The molecule has 1 aliphatic heterocycles. The topological polar surface area (TPSA) is 142 Å². The van der Waals surface area contributed by atoms with E-state index in [1.807, 2.05) is 68.4 Å². The van der Waals surface area contributed by atoms with E-state index >= 15 is 0 Å². The average Bonchev–Trinajstić information content (AvgIpc) is 3.85. The number of carbonyl (C=O) groups is 2. The standard InChI is InChI=1S/C33H34ClN7O4/c1-5-41-29(18-42)28(37-33(45)38-31-26(34)16-35-17-30(31)43)15-27(39-41)21-8-6-7-20(11-21)23-12-22(19(2)40(3)4)13-24(14-23)32(44)36-25-9-10-25/h6-8,11-18,25,42-43H,2,5,9-10H2,1,3-4H3,(H,36,44)(H2,35,37,38,45)/b29-18-. The Morgan fingerprint density at radius 2 is 1.82 bits per heavy atom. The van der Waals surface area contributed by atoms with Gasteiger partial charge in [0, 0.05) is 49.7 Å². The number of aliphatic hydroxyl groups is 1. The number of carbonyl (C=O) groups excluding carboxylic acids is 2. The highest BCUT2D eigenvalue weighted by atomic mass is 35.5. The van der Waals surface area contributed by atoms with E-state index in [9.17, 15) is 19.8 Å². The summed E-state index contributed by atoms with van der Waals surface area (Å²) in [5, 5.41) is 34.7. The molecule has 232 valence electrons. The lowest BCUT2D eigenvalue weighted by Gasteiger charge is -2.27. The molecule has 45 heavy (non-hydrogen) atoms. The second kappa shape index (κ2) is 13.1. The molecule has 2 heterocycles.